The molecule has 1 heterocycles. The molecule has 1 aliphatic heterocycles. The van der Waals surface area contributed by atoms with E-state index in [0.717, 1.165) is 5.56 Å². The first-order valence-electron chi connectivity index (χ1n) is 11.4. The zero-order valence-corrected chi connectivity index (χ0v) is 19.6. The lowest BCUT2D eigenvalue weighted by Crippen LogP contribution is -2.31. The molecule has 2 N–H and O–H groups in total. The SMILES string of the molecule is CCOc1cc([C@@H]2C(C(=O)OC)=C(N)OC3=C2C(=O)CCC3)ccc1OCc1ccccc1C#N. The number of carbonyl (C=O) groups is 2. The van der Waals surface area contributed by atoms with Crippen molar-refractivity contribution < 1.29 is 28.5 Å². The number of benzene rings is 2. The molecule has 0 spiro atoms. The van der Waals surface area contributed by atoms with Gasteiger partial charge in [0.2, 0.25) is 5.88 Å². The van der Waals surface area contributed by atoms with E-state index in [1.54, 1.807) is 30.3 Å². The van der Waals surface area contributed by atoms with Crippen molar-refractivity contribution in [2.24, 2.45) is 5.73 Å². The first kappa shape index (κ1) is 23.9. The van der Waals surface area contributed by atoms with Crippen molar-refractivity contribution in [2.75, 3.05) is 13.7 Å². The lowest BCUT2D eigenvalue weighted by molar-refractivity contribution is -0.136. The van der Waals surface area contributed by atoms with Gasteiger partial charge >= 0.3 is 5.97 Å². The smallest absolute Gasteiger partial charge is 0.340 e. The van der Waals surface area contributed by atoms with Crippen molar-refractivity contribution in [2.45, 2.75) is 38.7 Å². The van der Waals surface area contributed by atoms with Gasteiger partial charge in [-0.15, -0.1) is 0 Å². The zero-order chi connectivity index (χ0) is 24.9. The summed E-state index contributed by atoms with van der Waals surface area (Å²) in [4.78, 5) is 25.6. The molecule has 2 aromatic rings. The molecule has 180 valence electrons. The van der Waals surface area contributed by atoms with Crippen LogP contribution in [0.5, 0.6) is 11.5 Å². The van der Waals surface area contributed by atoms with Crippen molar-refractivity contribution in [3.63, 3.8) is 0 Å². The normalized spacial score (nSPS) is 17.3. The molecule has 0 saturated carbocycles. The average Bonchev–Trinajstić information content (AvgIpc) is 2.87. The van der Waals surface area contributed by atoms with E-state index in [0.29, 0.717) is 59.8 Å². The van der Waals surface area contributed by atoms with Gasteiger partial charge in [-0.05, 0) is 37.1 Å². The highest BCUT2D eigenvalue weighted by Gasteiger charge is 2.41. The van der Waals surface area contributed by atoms with Crippen LogP contribution in [0.25, 0.3) is 0 Å². The molecule has 0 saturated heterocycles. The van der Waals surface area contributed by atoms with Crippen LogP contribution in [-0.4, -0.2) is 25.5 Å². The van der Waals surface area contributed by atoms with Crippen molar-refractivity contribution in [1.29, 1.82) is 5.26 Å². The highest BCUT2D eigenvalue weighted by Crippen LogP contribution is 2.45. The van der Waals surface area contributed by atoms with E-state index < -0.39 is 11.9 Å². The maximum Gasteiger partial charge on any atom is 0.340 e. The number of ether oxygens (including phenoxy) is 4. The van der Waals surface area contributed by atoms with E-state index in [4.69, 9.17) is 24.7 Å². The molecule has 8 nitrogen and oxygen atoms in total. The van der Waals surface area contributed by atoms with Crippen LogP contribution in [0, 0.1) is 11.3 Å². The van der Waals surface area contributed by atoms with Gasteiger partial charge in [0, 0.05) is 24.0 Å². The number of Topliss-reactive ketones (excluding diaryl/α,β-unsaturated/α-hetero) is 1. The molecule has 0 unspecified atom stereocenters. The first-order valence-corrected chi connectivity index (χ1v) is 11.4. The highest BCUT2D eigenvalue weighted by molar-refractivity contribution is 6.03. The van der Waals surface area contributed by atoms with Gasteiger partial charge < -0.3 is 24.7 Å². The molecule has 2 aliphatic rings. The monoisotopic (exact) mass is 474 g/mol. The Balaban J connectivity index is 1.74. The number of rotatable bonds is 7. The molecule has 0 aromatic heterocycles. The summed E-state index contributed by atoms with van der Waals surface area (Å²) in [5.41, 5.74) is 8.55. The van der Waals surface area contributed by atoms with Crippen molar-refractivity contribution in [3.8, 4) is 17.6 Å². The number of hydrogen-bond donors (Lipinski definition) is 1. The van der Waals surface area contributed by atoms with Gasteiger partial charge in [-0.2, -0.15) is 5.26 Å². The average molecular weight is 475 g/mol. The van der Waals surface area contributed by atoms with Gasteiger partial charge in [0.05, 0.1) is 31.3 Å². The van der Waals surface area contributed by atoms with Crippen LogP contribution in [0.1, 0.15) is 48.8 Å². The number of esters is 1. The molecular weight excluding hydrogens is 448 g/mol. The van der Waals surface area contributed by atoms with E-state index in [9.17, 15) is 14.9 Å². The third kappa shape index (κ3) is 4.71. The summed E-state index contributed by atoms with van der Waals surface area (Å²) < 4.78 is 22.5. The standard InChI is InChI=1S/C27H26N2O6/c1-3-33-22-13-16(11-12-20(22)34-15-18-8-5-4-7-17(18)14-28)23-24-19(30)9-6-10-21(24)35-26(29)25(23)27(31)32-2/h4-5,7-8,11-13,23H,3,6,9-10,15,29H2,1-2H3/t23-/m0/s1. The molecule has 35 heavy (non-hydrogen) atoms. The Bertz CT molecular complexity index is 1270. The molecule has 0 amide bonds. The minimum absolute atomic E-state index is 0.0679. The van der Waals surface area contributed by atoms with Gasteiger partial charge in [-0.1, -0.05) is 24.3 Å². The Morgan fingerprint density at radius 2 is 1.97 bits per heavy atom. The van der Waals surface area contributed by atoms with E-state index in [1.165, 1.54) is 7.11 Å². The number of nitriles is 1. The van der Waals surface area contributed by atoms with Crippen LogP contribution in [0.3, 0.4) is 0 Å². The second-order valence-electron chi connectivity index (χ2n) is 8.11. The predicted molar refractivity (Wildman–Crippen MR) is 126 cm³/mol. The van der Waals surface area contributed by atoms with E-state index in [1.807, 2.05) is 19.1 Å². The van der Waals surface area contributed by atoms with Crippen molar-refractivity contribution >= 4 is 11.8 Å². The molecule has 0 bridgehead atoms. The Hall–Kier alpha value is -4.25. The third-order valence-corrected chi connectivity index (χ3v) is 6.01. The summed E-state index contributed by atoms with van der Waals surface area (Å²) in [6.07, 6.45) is 1.59. The first-order chi connectivity index (χ1) is 17.0. The molecule has 8 heteroatoms. The number of ketones is 1. The van der Waals surface area contributed by atoms with Gasteiger partial charge in [0.1, 0.15) is 17.9 Å². The fourth-order valence-electron chi connectivity index (χ4n) is 4.40. The van der Waals surface area contributed by atoms with E-state index in [-0.39, 0.29) is 23.8 Å². The maximum absolute atomic E-state index is 12.9. The minimum Gasteiger partial charge on any atom is -0.490 e. The van der Waals surface area contributed by atoms with Gasteiger partial charge in [-0.25, -0.2) is 4.79 Å². The molecular formula is C27H26N2O6. The molecule has 0 fully saturated rings. The summed E-state index contributed by atoms with van der Waals surface area (Å²) in [5, 5.41) is 9.34. The van der Waals surface area contributed by atoms with Gasteiger partial charge in [-0.3, -0.25) is 4.79 Å². The van der Waals surface area contributed by atoms with Crippen LogP contribution in [0.15, 0.2) is 65.3 Å². The van der Waals surface area contributed by atoms with Crippen LogP contribution in [0.4, 0.5) is 0 Å². The molecule has 2 aromatic carbocycles. The third-order valence-electron chi connectivity index (χ3n) is 6.01. The van der Waals surface area contributed by atoms with E-state index >= 15 is 0 Å². The lowest BCUT2D eigenvalue weighted by Gasteiger charge is -2.32. The Labute approximate surface area is 203 Å². The molecule has 4 rings (SSSR count). The maximum atomic E-state index is 12.9. The topological polar surface area (TPSA) is 121 Å². The second kappa shape index (κ2) is 10.3. The van der Waals surface area contributed by atoms with Crippen molar-refractivity contribution in [3.05, 3.63) is 81.9 Å². The second-order valence-corrected chi connectivity index (χ2v) is 8.11. The van der Waals surface area contributed by atoms with Gasteiger partial charge in [0.25, 0.3) is 0 Å². The summed E-state index contributed by atoms with van der Waals surface area (Å²) in [7, 11) is 1.26. The Kier molecular flexibility index (Phi) is 7.06. The zero-order valence-electron chi connectivity index (χ0n) is 19.6. The minimum atomic E-state index is -0.744. The number of carbonyl (C=O) groups excluding carboxylic acids is 2. The number of nitrogens with zero attached hydrogens (tertiary/aromatic N) is 1. The van der Waals surface area contributed by atoms with Crippen molar-refractivity contribution in [1.82, 2.24) is 0 Å². The Morgan fingerprint density at radius 1 is 1.17 bits per heavy atom. The van der Waals surface area contributed by atoms with Crippen LogP contribution in [-0.2, 0) is 25.7 Å². The predicted octanol–water partition coefficient (Wildman–Crippen LogP) is 4.00. The summed E-state index contributed by atoms with van der Waals surface area (Å²) in [6.45, 7) is 2.39. The quantitative estimate of drug-likeness (QED) is 0.598. The van der Waals surface area contributed by atoms with Crippen LogP contribution in [0.2, 0.25) is 0 Å². The molecule has 1 aliphatic carbocycles. The summed E-state index contributed by atoms with van der Waals surface area (Å²) in [5.74, 6) is -0.160. The van der Waals surface area contributed by atoms with E-state index in [2.05, 4.69) is 6.07 Å². The number of methoxy groups -OCH3 is 1. The Morgan fingerprint density at radius 3 is 2.71 bits per heavy atom. The van der Waals surface area contributed by atoms with Crippen LogP contribution < -0.4 is 15.2 Å². The largest absolute Gasteiger partial charge is 0.490 e. The number of allylic oxidation sites excluding steroid dienone is 2. The van der Waals surface area contributed by atoms with Crippen LogP contribution >= 0.6 is 0 Å². The number of hydrogen-bond acceptors (Lipinski definition) is 8. The van der Waals surface area contributed by atoms with Gasteiger partial charge in [0.15, 0.2) is 17.3 Å². The molecule has 1 atom stereocenters. The lowest BCUT2D eigenvalue weighted by atomic mass is 9.77. The summed E-state index contributed by atoms with van der Waals surface area (Å²) in [6, 6.07) is 14.6. The fraction of sp³-hybridized carbons (Fsp3) is 0.296. The fourth-order valence-corrected chi connectivity index (χ4v) is 4.40. The highest BCUT2D eigenvalue weighted by atomic mass is 16.5. The molecule has 0 radical (unpaired) electrons. The summed E-state index contributed by atoms with van der Waals surface area (Å²) >= 11 is 0. The number of nitrogens with two attached hydrogens (primary N) is 1.